The van der Waals surface area contributed by atoms with Crippen LogP contribution in [0.25, 0.3) is 6.08 Å². The van der Waals surface area contributed by atoms with E-state index in [9.17, 15) is 14.9 Å². The van der Waals surface area contributed by atoms with Crippen LogP contribution < -0.4 is 0 Å². The summed E-state index contributed by atoms with van der Waals surface area (Å²) in [6.45, 7) is 3.69. The van der Waals surface area contributed by atoms with Gasteiger partial charge in [0, 0.05) is 24.2 Å². The number of nitrogens with zero attached hydrogens (tertiary/aromatic N) is 1. The molecular formula is C17H23NO3. The van der Waals surface area contributed by atoms with E-state index in [1.54, 1.807) is 13.0 Å². The molecule has 0 aromatic heterocycles. The first-order valence-electron chi connectivity index (χ1n) is 7.46. The highest BCUT2D eigenvalue weighted by Gasteiger charge is 2.46. The van der Waals surface area contributed by atoms with E-state index in [0.717, 1.165) is 12.0 Å². The van der Waals surface area contributed by atoms with Crippen molar-refractivity contribution in [1.29, 1.82) is 0 Å². The van der Waals surface area contributed by atoms with Gasteiger partial charge in [0.25, 0.3) is 5.54 Å². The van der Waals surface area contributed by atoms with Crippen LogP contribution in [0.5, 0.6) is 0 Å². The van der Waals surface area contributed by atoms with Crippen molar-refractivity contribution in [1.82, 2.24) is 0 Å². The minimum absolute atomic E-state index is 0.147. The van der Waals surface area contributed by atoms with Crippen molar-refractivity contribution >= 4 is 11.9 Å². The van der Waals surface area contributed by atoms with E-state index in [0.29, 0.717) is 6.42 Å². The number of Topliss-reactive ketones (excluding diaryl/α,β-unsaturated/α-hetero) is 1. The number of hydrogen-bond donors (Lipinski definition) is 0. The van der Waals surface area contributed by atoms with Crippen molar-refractivity contribution in [2.75, 3.05) is 0 Å². The number of nitro groups is 1. The molecule has 1 aromatic carbocycles. The monoisotopic (exact) mass is 289 g/mol. The van der Waals surface area contributed by atoms with Crippen LogP contribution in [0, 0.1) is 10.1 Å². The van der Waals surface area contributed by atoms with Gasteiger partial charge in [-0.25, -0.2) is 0 Å². The number of carbonyl (C=O) groups excluding carboxylic acids is 1. The van der Waals surface area contributed by atoms with Crippen LogP contribution in [0.2, 0.25) is 0 Å². The molecule has 0 spiro atoms. The molecule has 4 heteroatoms. The van der Waals surface area contributed by atoms with E-state index in [1.165, 1.54) is 0 Å². The summed E-state index contributed by atoms with van der Waals surface area (Å²) >= 11 is 0. The predicted molar refractivity (Wildman–Crippen MR) is 84.6 cm³/mol. The van der Waals surface area contributed by atoms with Gasteiger partial charge in [0.2, 0.25) is 5.78 Å². The maximum Gasteiger partial charge on any atom is 0.282 e. The van der Waals surface area contributed by atoms with Crippen LogP contribution in [0.1, 0.15) is 51.5 Å². The molecule has 1 rings (SSSR count). The number of unbranched alkanes of at least 4 members (excludes halogenated alkanes) is 1. The molecule has 1 atom stereocenters. The zero-order valence-electron chi connectivity index (χ0n) is 12.7. The summed E-state index contributed by atoms with van der Waals surface area (Å²) in [5, 5.41) is 11.5. The van der Waals surface area contributed by atoms with Gasteiger partial charge >= 0.3 is 0 Å². The maximum atomic E-state index is 12.3. The summed E-state index contributed by atoms with van der Waals surface area (Å²) in [7, 11) is 0. The number of ketones is 1. The van der Waals surface area contributed by atoms with E-state index in [4.69, 9.17) is 0 Å². The summed E-state index contributed by atoms with van der Waals surface area (Å²) in [5.74, 6) is -0.255. The Hall–Kier alpha value is -1.97. The van der Waals surface area contributed by atoms with Crippen molar-refractivity contribution in [3.8, 4) is 0 Å². The fourth-order valence-electron chi connectivity index (χ4n) is 2.28. The SMILES string of the molecule is CCCCC(=O)C(CC)(C/C=C/c1ccccc1)[N+](=O)[O-]. The van der Waals surface area contributed by atoms with Crippen LogP contribution in [0.3, 0.4) is 0 Å². The van der Waals surface area contributed by atoms with E-state index >= 15 is 0 Å². The standard InChI is InChI=1S/C17H23NO3/c1-3-5-13-16(19)17(4-2,18(20)21)14-9-12-15-10-7-6-8-11-15/h6-12H,3-5,13-14H2,1-2H3/b12-9+. The zero-order chi connectivity index (χ0) is 15.7. The molecule has 0 aliphatic carbocycles. The van der Waals surface area contributed by atoms with Gasteiger partial charge in [-0.3, -0.25) is 14.9 Å². The Kier molecular flexibility index (Phi) is 6.79. The summed E-state index contributed by atoms with van der Waals surface area (Å²) in [4.78, 5) is 23.3. The molecule has 0 aliphatic rings. The molecule has 114 valence electrons. The second-order valence-corrected chi connectivity index (χ2v) is 5.19. The van der Waals surface area contributed by atoms with E-state index < -0.39 is 10.5 Å². The fraction of sp³-hybridized carbons (Fsp3) is 0.471. The molecule has 1 aromatic rings. The molecule has 0 aliphatic heterocycles. The minimum Gasteiger partial charge on any atom is -0.292 e. The van der Waals surface area contributed by atoms with Crippen molar-refractivity contribution in [3.05, 3.63) is 52.1 Å². The van der Waals surface area contributed by atoms with Gasteiger partial charge in [0.1, 0.15) is 0 Å². The van der Waals surface area contributed by atoms with Gasteiger partial charge in [0.15, 0.2) is 0 Å². The first-order chi connectivity index (χ1) is 10.1. The average molecular weight is 289 g/mol. The maximum absolute atomic E-state index is 12.3. The van der Waals surface area contributed by atoms with Crippen LogP contribution >= 0.6 is 0 Å². The van der Waals surface area contributed by atoms with Gasteiger partial charge in [-0.15, -0.1) is 0 Å². The lowest BCUT2D eigenvalue weighted by Crippen LogP contribution is -2.45. The summed E-state index contributed by atoms with van der Waals surface area (Å²) in [6, 6.07) is 9.59. The first kappa shape index (κ1) is 17.1. The lowest BCUT2D eigenvalue weighted by atomic mass is 9.85. The van der Waals surface area contributed by atoms with E-state index in [-0.39, 0.29) is 25.0 Å². The average Bonchev–Trinajstić information content (AvgIpc) is 2.50. The van der Waals surface area contributed by atoms with E-state index in [2.05, 4.69) is 0 Å². The molecule has 0 saturated heterocycles. The largest absolute Gasteiger partial charge is 0.292 e. The fourth-order valence-corrected chi connectivity index (χ4v) is 2.28. The lowest BCUT2D eigenvalue weighted by Gasteiger charge is -2.21. The molecule has 0 saturated carbocycles. The second kappa shape index (κ2) is 8.35. The Bertz CT molecular complexity index is 496. The Balaban J connectivity index is 2.85. The molecule has 0 N–H and O–H groups in total. The Labute approximate surface area is 126 Å². The quantitative estimate of drug-likeness (QED) is 0.503. The molecular weight excluding hydrogens is 266 g/mol. The van der Waals surface area contributed by atoms with E-state index in [1.807, 2.05) is 43.3 Å². The number of carbonyl (C=O) groups is 1. The van der Waals surface area contributed by atoms with Crippen LogP contribution in [0.4, 0.5) is 0 Å². The van der Waals surface area contributed by atoms with Crippen molar-refractivity contribution in [3.63, 3.8) is 0 Å². The molecule has 0 fully saturated rings. The molecule has 1 unspecified atom stereocenters. The normalized spacial score (nSPS) is 14.0. The predicted octanol–water partition coefficient (Wildman–Crippen LogP) is 4.27. The van der Waals surface area contributed by atoms with Gasteiger partial charge in [-0.1, -0.05) is 62.8 Å². The molecule has 0 heterocycles. The van der Waals surface area contributed by atoms with Crippen LogP contribution in [-0.2, 0) is 4.79 Å². The zero-order valence-corrected chi connectivity index (χ0v) is 12.7. The van der Waals surface area contributed by atoms with Crippen LogP contribution in [0.15, 0.2) is 36.4 Å². The minimum atomic E-state index is -1.47. The highest BCUT2D eigenvalue weighted by molar-refractivity contribution is 5.87. The second-order valence-electron chi connectivity index (χ2n) is 5.19. The van der Waals surface area contributed by atoms with Crippen LogP contribution in [-0.4, -0.2) is 16.2 Å². The number of rotatable bonds is 9. The molecule has 0 radical (unpaired) electrons. The molecule has 0 amide bonds. The molecule has 21 heavy (non-hydrogen) atoms. The van der Waals surface area contributed by atoms with Crippen molar-refractivity contribution in [2.45, 2.75) is 51.5 Å². The first-order valence-corrected chi connectivity index (χ1v) is 7.46. The van der Waals surface area contributed by atoms with Gasteiger partial charge < -0.3 is 0 Å². The Morgan fingerprint density at radius 3 is 2.48 bits per heavy atom. The Morgan fingerprint density at radius 2 is 1.95 bits per heavy atom. The van der Waals surface area contributed by atoms with Crippen molar-refractivity contribution < 1.29 is 9.72 Å². The summed E-state index contributed by atoms with van der Waals surface area (Å²) in [6.07, 6.45) is 5.80. The summed E-state index contributed by atoms with van der Waals surface area (Å²) < 4.78 is 0. The third-order valence-corrected chi connectivity index (χ3v) is 3.78. The summed E-state index contributed by atoms with van der Waals surface area (Å²) in [5.41, 5.74) is -0.493. The molecule has 0 bridgehead atoms. The third kappa shape index (κ3) is 4.52. The smallest absolute Gasteiger partial charge is 0.282 e. The number of benzene rings is 1. The van der Waals surface area contributed by atoms with Gasteiger partial charge in [-0.05, 0) is 12.0 Å². The highest BCUT2D eigenvalue weighted by atomic mass is 16.6. The lowest BCUT2D eigenvalue weighted by molar-refractivity contribution is -0.552. The van der Waals surface area contributed by atoms with Gasteiger partial charge in [0.05, 0.1) is 0 Å². The highest BCUT2D eigenvalue weighted by Crippen LogP contribution is 2.25. The topological polar surface area (TPSA) is 60.2 Å². The van der Waals surface area contributed by atoms with Gasteiger partial charge in [-0.2, -0.15) is 0 Å². The Morgan fingerprint density at radius 1 is 1.29 bits per heavy atom. The van der Waals surface area contributed by atoms with Crippen molar-refractivity contribution in [2.24, 2.45) is 0 Å². The molecule has 4 nitrogen and oxygen atoms in total. The number of hydrogen-bond acceptors (Lipinski definition) is 3. The third-order valence-electron chi connectivity index (χ3n) is 3.78.